The first kappa shape index (κ1) is 14.5. The van der Waals surface area contributed by atoms with Gasteiger partial charge in [0, 0.05) is 34.8 Å². The van der Waals surface area contributed by atoms with Crippen molar-refractivity contribution in [2.24, 2.45) is 0 Å². The lowest BCUT2D eigenvalue weighted by atomic mass is 9.91. The van der Waals surface area contributed by atoms with Gasteiger partial charge in [-0.05, 0) is 24.3 Å². The van der Waals surface area contributed by atoms with E-state index in [0.29, 0.717) is 16.4 Å². The second kappa shape index (κ2) is 5.59. The van der Waals surface area contributed by atoms with Crippen molar-refractivity contribution in [3.05, 3.63) is 53.1 Å². The van der Waals surface area contributed by atoms with E-state index in [1.807, 2.05) is 20.8 Å². The molecule has 0 saturated carbocycles. The molecular weight excluding hydrogens is 274 g/mol. The average molecular weight is 290 g/mol. The van der Waals surface area contributed by atoms with Crippen molar-refractivity contribution in [1.29, 1.82) is 0 Å². The highest BCUT2D eigenvalue weighted by molar-refractivity contribution is 6.29. The van der Waals surface area contributed by atoms with E-state index in [4.69, 9.17) is 11.6 Å². The van der Waals surface area contributed by atoms with Crippen molar-refractivity contribution in [2.45, 2.75) is 26.2 Å². The van der Waals surface area contributed by atoms with Crippen LogP contribution in [0.2, 0.25) is 5.15 Å². The van der Waals surface area contributed by atoms with Gasteiger partial charge in [0.25, 0.3) is 5.91 Å². The molecule has 0 spiro atoms. The first-order valence-electron chi connectivity index (χ1n) is 6.26. The third-order valence-corrected chi connectivity index (χ3v) is 2.96. The molecule has 5 heteroatoms. The van der Waals surface area contributed by atoms with E-state index in [9.17, 15) is 4.79 Å². The second-order valence-corrected chi connectivity index (χ2v) is 5.89. The van der Waals surface area contributed by atoms with Gasteiger partial charge in [0.05, 0.1) is 0 Å². The van der Waals surface area contributed by atoms with Gasteiger partial charge in [-0.1, -0.05) is 32.4 Å². The van der Waals surface area contributed by atoms with Gasteiger partial charge < -0.3 is 5.32 Å². The van der Waals surface area contributed by atoms with E-state index in [1.165, 1.54) is 0 Å². The number of anilines is 1. The minimum absolute atomic E-state index is 0.170. The van der Waals surface area contributed by atoms with Gasteiger partial charge >= 0.3 is 0 Å². The second-order valence-electron chi connectivity index (χ2n) is 5.50. The van der Waals surface area contributed by atoms with E-state index >= 15 is 0 Å². The number of carbonyl (C=O) groups excluding carboxylic acids is 1. The van der Waals surface area contributed by atoms with E-state index in [-0.39, 0.29) is 11.3 Å². The molecule has 0 aliphatic rings. The quantitative estimate of drug-likeness (QED) is 0.858. The van der Waals surface area contributed by atoms with E-state index in [0.717, 1.165) is 5.69 Å². The summed E-state index contributed by atoms with van der Waals surface area (Å²) < 4.78 is 0. The van der Waals surface area contributed by atoms with Gasteiger partial charge in [0.2, 0.25) is 0 Å². The zero-order valence-electron chi connectivity index (χ0n) is 11.6. The molecule has 2 aromatic heterocycles. The molecule has 4 nitrogen and oxygen atoms in total. The van der Waals surface area contributed by atoms with Crippen molar-refractivity contribution >= 4 is 23.2 Å². The highest BCUT2D eigenvalue weighted by atomic mass is 35.5. The third kappa shape index (κ3) is 3.54. The van der Waals surface area contributed by atoms with E-state index < -0.39 is 0 Å². The lowest BCUT2D eigenvalue weighted by molar-refractivity contribution is 0.102. The van der Waals surface area contributed by atoms with Crippen LogP contribution in [0.15, 0.2) is 36.7 Å². The summed E-state index contributed by atoms with van der Waals surface area (Å²) in [5, 5.41) is 3.12. The van der Waals surface area contributed by atoms with Crippen molar-refractivity contribution in [2.75, 3.05) is 5.32 Å². The molecule has 0 aromatic carbocycles. The number of rotatable bonds is 2. The van der Waals surface area contributed by atoms with Crippen LogP contribution in [-0.2, 0) is 5.41 Å². The van der Waals surface area contributed by atoms with Crippen LogP contribution >= 0.6 is 11.6 Å². The smallest absolute Gasteiger partial charge is 0.255 e. The Morgan fingerprint density at radius 1 is 1.20 bits per heavy atom. The number of amides is 1. The van der Waals surface area contributed by atoms with Crippen molar-refractivity contribution < 1.29 is 4.79 Å². The zero-order valence-corrected chi connectivity index (χ0v) is 12.4. The molecule has 2 heterocycles. The summed E-state index contributed by atoms with van der Waals surface area (Å²) in [7, 11) is 0. The molecule has 0 atom stereocenters. The van der Waals surface area contributed by atoms with E-state index in [1.54, 1.807) is 36.7 Å². The van der Waals surface area contributed by atoms with Crippen LogP contribution in [0.25, 0.3) is 0 Å². The van der Waals surface area contributed by atoms with Gasteiger partial charge in [0.15, 0.2) is 0 Å². The lowest BCUT2D eigenvalue weighted by Gasteiger charge is -2.18. The molecule has 0 fully saturated rings. The minimum atomic E-state index is -0.217. The molecule has 0 aliphatic carbocycles. The van der Waals surface area contributed by atoms with Crippen molar-refractivity contribution in [1.82, 2.24) is 9.97 Å². The van der Waals surface area contributed by atoms with Crippen LogP contribution in [0, 0.1) is 0 Å². The molecule has 0 saturated heterocycles. The SMILES string of the molecule is CC(C)(C)c1cc(C(=O)Nc2ccncc2)cc(Cl)n1. The topological polar surface area (TPSA) is 54.9 Å². The van der Waals surface area contributed by atoms with Gasteiger partial charge in [-0.3, -0.25) is 9.78 Å². The predicted octanol–water partition coefficient (Wildman–Crippen LogP) is 3.68. The summed E-state index contributed by atoms with van der Waals surface area (Å²) in [6.45, 7) is 6.07. The summed E-state index contributed by atoms with van der Waals surface area (Å²) in [6, 6.07) is 6.78. The van der Waals surface area contributed by atoms with Gasteiger partial charge in [0.1, 0.15) is 5.15 Å². The van der Waals surface area contributed by atoms with Crippen LogP contribution in [0.4, 0.5) is 5.69 Å². The molecule has 1 N–H and O–H groups in total. The number of carbonyl (C=O) groups is 1. The molecule has 2 rings (SSSR count). The fourth-order valence-electron chi connectivity index (χ4n) is 1.65. The average Bonchev–Trinajstić information content (AvgIpc) is 2.38. The van der Waals surface area contributed by atoms with Gasteiger partial charge in [-0.15, -0.1) is 0 Å². The highest BCUT2D eigenvalue weighted by Gasteiger charge is 2.19. The summed E-state index contributed by atoms with van der Waals surface area (Å²) in [4.78, 5) is 20.4. The maximum atomic E-state index is 12.2. The third-order valence-electron chi connectivity index (χ3n) is 2.76. The van der Waals surface area contributed by atoms with Crippen LogP contribution in [0.1, 0.15) is 36.8 Å². The van der Waals surface area contributed by atoms with Crippen LogP contribution in [0.3, 0.4) is 0 Å². The maximum Gasteiger partial charge on any atom is 0.255 e. The molecule has 0 radical (unpaired) electrons. The van der Waals surface area contributed by atoms with Crippen LogP contribution < -0.4 is 5.32 Å². The monoisotopic (exact) mass is 289 g/mol. The lowest BCUT2D eigenvalue weighted by Crippen LogP contribution is -2.17. The normalized spacial score (nSPS) is 11.2. The standard InChI is InChI=1S/C15H16ClN3O/c1-15(2,3)12-8-10(9-13(16)19-12)14(20)18-11-4-6-17-7-5-11/h4-9H,1-3H3,(H,17,18,20). The number of nitrogens with one attached hydrogen (secondary N) is 1. The van der Waals surface area contributed by atoms with Crippen LogP contribution in [0.5, 0.6) is 0 Å². The van der Waals surface area contributed by atoms with E-state index in [2.05, 4.69) is 15.3 Å². The predicted molar refractivity (Wildman–Crippen MR) is 80.1 cm³/mol. The Kier molecular flexibility index (Phi) is 4.04. The van der Waals surface area contributed by atoms with Gasteiger partial charge in [-0.25, -0.2) is 4.98 Å². The Bertz CT molecular complexity index is 621. The molecule has 0 unspecified atom stereocenters. The molecular formula is C15H16ClN3O. The summed E-state index contributed by atoms with van der Waals surface area (Å²) in [5.41, 5.74) is 1.79. The number of nitrogens with zero attached hydrogens (tertiary/aromatic N) is 2. The minimum Gasteiger partial charge on any atom is -0.322 e. The molecule has 20 heavy (non-hydrogen) atoms. The Morgan fingerprint density at radius 3 is 2.45 bits per heavy atom. The van der Waals surface area contributed by atoms with Crippen LogP contribution in [-0.4, -0.2) is 15.9 Å². The molecule has 0 bridgehead atoms. The molecule has 104 valence electrons. The highest BCUT2D eigenvalue weighted by Crippen LogP contribution is 2.23. The fraction of sp³-hybridized carbons (Fsp3) is 0.267. The Labute approximate surface area is 123 Å². The van der Waals surface area contributed by atoms with Crippen molar-refractivity contribution in [3.8, 4) is 0 Å². The summed E-state index contributed by atoms with van der Waals surface area (Å²) >= 11 is 6.00. The first-order valence-corrected chi connectivity index (χ1v) is 6.63. The number of hydrogen-bond donors (Lipinski definition) is 1. The number of hydrogen-bond acceptors (Lipinski definition) is 3. The zero-order chi connectivity index (χ0) is 14.8. The van der Waals surface area contributed by atoms with Gasteiger partial charge in [-0.2, -0.15) is 0 Å². The fourth-order valence-corrected chi connectivity index (χ4v) is 1.86. The Balaban J connectivity index is 2.29. The number of pyridine rings is 2. The summed E-state index contributed by atoms with van der Waals surface area (Å²) in [5.74, 6) is -0.217. The first-order chi connectivity index (χ1) is 9.36. The maximum absolute atomic E-state index is 12.2. The number of halogens is 1. The number of aromatic nitrogens is 2. The van der Waals surface area contributed by atoms with Crippen molar-refractivity contribution in [3.63, 3.8) is 0 Å². The molecule has 1 amide bonds. The largest absolute Gasteiger partial charge is 0.322 e. The molecule has 2 aromatic rings. The Hall–Kier alpha value is -1.94. The Morgan fingerprint density at radius 2 is 1.85 bits per heavy atom. The molecule has 0 aliphatic heterocycles. The summed E-state index contributed by atoms with van der Waals surface area (Å²) in [6.07, 6.45) is 3.24.